The van der Waals surface area contributed by atoms with E-state index in [0.29, 0.717) is 18.0 Å². The normalized spacial score (nSPS) is 17.4. The molecule has 0 radical (unpaired) electrons. The first-order chi connectivity index (χ1) is 16.1. The highest BCUT2D eigenvalue weighted by Gasteiger charge is 2.30. The second kappa shape index (κ2) is 9.41. The van der Waals surface area contributed by atoms with Crippen LogP contribution in [0.3, 0.4) is 0 Å². The zero-order valence-electron chi connectivity index (χ0n) is 18.8. The van der Waals surface area contributed by atoms with Crippen molar-refractivity contribution in [3.63, 3.8) is 0 Å². The van der Waals surface area contributed by atoms with Gasteiger partial charge in [0.2, 0.25) is 0 Å². The average Bonchev–Trinajstić information content (AvgIpc) is 3.39. The summed E-state index contributed by atoms with van der Waals surface area (Å²) in [6.45, 7) is 6.24. The third-order valence-corrected chi connectivity index (χ3v) is 7.46. The number of aliphatic hydroxyl groups excluding tert-OH is 1. The molecule has 33 heavy (non-hydrogen) atoms. The summed E-state index contributed by atoms with van der Waals surface area (Å²) in [4.78, 5) is 11.5. The minimum Gasteiger partial charge on any atom is -0.510 e. The van der Waals surface area contributed by atoms with E-state index < -0.39 is 0 Å². The quantitative estimate of drug-likeness (QED) is 0.550. The van der Waals surface area contributed by atoms with Gasteiger partial charge >= 0.3 is 0 Å². The lowest BCUT2D eigenvalue weighted by Crippen LogP contribution is -2.47. The molecular weight excluding hydrogens is 434 g/mol. The van der Waals surface area contributed by atoms with Gasteiger partial charge in [-0.15, -0.1) is 11.3 Å². The molecule has 5 rings (SSSR count). The van der Waals surface area contributed by atoms with Crippen LogP contribution in [0.25, 0.3) is 15.8 Å². The van der Waals surface area contributed by atoms with Gasteiger partial charge < -0.3 is 19.6 Å². The lowest BCUT2D eigenvalue weighted by Gasteiger charge is -2.36. The number of para-hydroxylation sites is 1. The van der Waals surface area contributed by atoms with E-state index in [9.17, 15) is 5.11 Å². The Bertz CT molecular complexity index is 1130. The van der Waals surface area contributed by atoms with Gasteiger partial charge in [0, 0.05) is 38.4 Å². The molecule has 8 heteroatoms. The number of hydrogen-bond donors (Lipinski definition) is 2. The largest absolute Gasteiger partial charge is 0.510 e. The van der Waals surface area contributed by atoms with Crippen molar-refractivity contribution in [3.05, 3.63) is 59.3 Å². The molecule has 172 valence electrons. The van der Waals surface area contributed by atoms with Crippen molar-refractivity contribution in [3.8, 4) is 5.75 Å². The maximum absolute atomic E-state index is 10.6. The SMILES string of the molecule is COc1ccc(N2CCN(CCCN3CC(O)=C(c4nc5ccccc5s4)C3=N)CC2)cc1. The Kier molecular flexibility index (Phi) is 6.20. The number of rotatable bonds is 7. The summed E-state index contributed by atoms with van der Waals surface area (Å²) < 4.78 is 6.33. The number of aromatic nitrogens is 1. The van der Waals surface area contributed by atoms with Crippen molar-refractivity contribution in [2.75, 3.05) is 57.8 Å². The summed E-state index contributed by atoms with van der Waals surface area (Å²) in [5.74, 6) is 1.53. The van der Waals surface area contributed by atoms with Crippen molar-refractivity contribution in [2.24, 2.45) is 0 Å². The van der Waals surface area contributed by atoms with Gasteiger partial charge in [-0.1, -0.05) is 12.1 Å². The van der Waals surface area contributed by atoms with E-state index in [2.05, 4.69) is 26.9 Å². The molecule has 2 aliphatic rings. The molecule has 0 bridgehead atoms. The first-order valence-corrected chi connectivity index (χ1v) is 12.2. The number of piperazine rings is 1. The first-order valence-electron chi connectivity index (χ1n) is 11.4. The van der Waals surface area contributed by atoms with Gasteiger partial charge in [-0.2, -0.15) is 0 Å². The van der Waals surface area contributed by atoms with Crippen LogP contribution in [0, 0.1) is 5.41 Å². The highest BCUT2D eigenvalue weighted by Crippen LogP contribution is 2.33. The van der Waals surface area contributed by atoms with E-state index in [1.165, 1.54) is 17.0 Å². The maximum Gasteiger partial charge on any atom is 0.135 e. The highest BCUT2D eigenvalue weighted by atomic mass is 32.1. The Morgan fingerprint density at radius 2 is 1.79 bits per heavy atom. The number of hydrogen-bond acceptors (Lipinski definition) is 7. The number of nitrogens with zero attached hydrogens (tertiary/aromatic N) is 4. The van der Waals surface area contributed by atoms with Crippen LogP contribution in [0.4, 0.5) is 5.69 Å². The molecule has 1 saturated heterocycles. The molecule has 1 aromatic heterocycles. The van der Waals surface area contributed by atoms with Crippen LogP contribution in [-0.2, 0) is 0 Å². The number of thiazole rings is 1. The van der Waals surface area contributed by atoms with E-state index in [1.807, 2.05) is 41.3 Å². The lowest BCUT2D eigenvalue weighted by atomic mass is 10.2. The van der Waals surface area contributed by atoms with Gasteiger partial charge in [-0.3, -0.25) is 10.3 Å². The Morgan fingerprint density at radius 1 is 1.03 bits per heavy atom. The topological polar surface area (TPSA) is 75.9 Å². The van der Waals surface area contributed by atoms with Gasteiger partial charge in [0.25, 0.3) is 0 Å². The van der Waals surface area contributed by atoms with Crippen molar-refractivity contribution >= 4 is 38.6 Å². The van der Waals surface area contributed by atoms with Gasteiger partial charge in [0.1, 0.15) is 22.4 Å². The van der Waals surface area contributed by atoms with E-state index in [-0.39, 0.29) is 5.76 Å². The summed E-state index contributed by atoms with van der Waals surface area (Å²) >= 11 is 1.53. The number of amidine groups is 1. The van der Waals surface area contributed by atoms with E-state index in [1.54, 1.807) is 7.11 Å². The van der Waals surface area contributed by atoms with Gasteiger partial charge in [-0.25, -0.2) is 4.98 Å². The number of nitrogens with one attached hydrogen (secondary N) is 1. The zero-order valence-corrected chi connectivity index (χ0v) is 19.6. The van der Waals surface area contributed by atoms with Crippen LogP contribution in [0.5, 0.6) is 5.75 Å². The summed E-state index contributed by atoms with van der Waals surface area (Å²) in [5, 5.41) is 19.9. The number of anilines is 1. The molecule has 2 aromatic carbocycles. The molecule has 2 N–H and O–H groups in total. The molecule has 0 unspecified atom stereocenters. The molecule has 7 nitrogen and oxygen atoms in total. The number of aliphatic hydroxyl groups is 1. The maximum atomic E-state index is 10.6. The second-order valence-corrected chi connectivity index (χ2v) is 9.49. The monoisotopic (exact) mass is 463 g/mol. The van der Waals surface area contributed by atoms with Crippen molar-refractivity contribution in [1.82, 2.24) is 14.8 Å². The molecule has 1 fully saturated rings. The molecule has 0 saturated carbocycles. The van der Waals surface area contributed by atoms with E-state index in [0.717, 1.165) is 66.7 Å². The van der Waals surface area contributed by atoms with Crippen molar-refractivity contribution < 1.29 is 9.84 Å². The standard InChI is InChI=1S/C25H29N5O2S/c1-32-19-9-7-18(8-10-19)29-15-13-28(14-16-29)11-4-12-30-17-21(31)23(24(30)26)25-27-20-5-2-3-6-22(20)33-25/h2-3,5-10,26,31H,4,11-17H2,1H3. The van der Waals surface area contributed by atoms with Crippen LogP contribution in [0.15, 0.2) is 54.3 Å². The highest BCUT2D eigenvalue weighted by molar-refractivity contribution is 7.19. The van der Waals surface area contributed by atoms with E-state index >= 15 is 0 Å². The van der Waals surface area contributed by atoms with E-state index in [4.69, 9.17) is 10.1 Å². The molecule has 3 heterocycles. The van der Waals surface area contributed by atoms with Crippen LogP contribution < -0.4 is 9.64 Å². The molecule has 0 amide bonds. The predicted molar refractivity (Wildman–Crippen MR) is 135 cm³/mol. The van der Waals surface area contributed by atoms with Crippen LogP contribution in [0.1, 0.15) is 11.4 Å². The summed E-state index contributed by atoms with van der Waals surface area (Å²) in [5.41, 5.74) is 2.74. The summed E-state index contributed by atoms with van der Waals surface area (Å²) in [7, 11) is 1.69. The fourth-order valence-electron chi connectivity index (χ4n) is 4.54. The molecule has 2 aliphatic heterocycles. The van der Waals surface area contributed by atoms with Crippen LogP contribution >= 0.6 is 11.3 Å². The minimum atomic E-state index is 0.257. The Labute approximate surface area is 198 Å². The van der Waals surface area contributed by atoms with Crippen LogP contribution in [-0.4, -0.2) is 78.6 Å². The van der Waals surface area contributed by atoms with Crippen LogP contribution in [0.2, 0.25) is 0 Å². The number of benzene rings is 2. The van der Waals surface area contributed by atoms with Gasteiger partial charge in [0.05, 0.1) is 29.4 Å². The summed E-state index contributed by atoms with van der Waals surface area (Å²) in [6.07, 6.45) is 0.964. The zero-order chi connectivity index (χ0) is 22.8. The molecule has 3 aromatic rings. The number of ether oxygens (including phenoxy) is 1. The second-order valence-electron chi connectivity index (χ2n) is 8.46. The minimum absolute atomic E-state index is 0.257. The molecular formula is C25H29N5O2S. The fraction of sp³-hybridized carbons (Fsp3) is 0.360. The molecule has 0 spiro atoms. The number of methoxy groups -OCH3 is 1. The molecule has 0 atom stereocenters. The Balaban J connectivity index is 1.10. The fourth-order valence-corrected chi connectivity index (χ4v) is 5.57. The van der Waals surface area contributed by atoms with Gasteiger partial charge in [0.15, 0.2) is 0 Å². The number of fused-ring (bicyclic) bond motifs is 1. The Morgan fingerprint density at radius 3 is 2.52 bits per heavy atom. The first kappa shape index (κ1) is 21.7. The van der Waals surface area contributed by atoms with Gasteiger partial charge in [-0.05, 0) is 49.4 Å². The smallest absolute Gasteiger partial charge is 0.135 e. The third-order valence-electron chi connectivity index (χ3n) is 6.40. The predicted octanol–water partition coefficient (Wildman–Crippen LogP) is 4.08. The average molecular weight is 464 g/mol. The molecule has 0 aliphatic carbocycles. The van der Waals surface area contributed by atoms with Crippen molar-refractivity contribution in [1.29, 1.82) is 5.41 Å². The summed E-state index contributed by atoms with van der Waals surface area (Å²) in [6, 6.07) is 16.2. The lowest BCUT2D eigenvalue weighted by molar-refractivity contribution is 0.244. The van der Waals surface area contributed by atoms with Crippen molar-refractivity contribution in [2.45, 2.75) is 6.42 Å². The third kappa shape index (κ3) is 4.54. The Hall–Kier alpha value is -3.10.